The molecule has 1 N–H and O–H groups in total. The smallest absolute Gasteiger partial charge is 0.130 e. The minimum Gasteiger partial charge on any atom is -0.366 e. The van der Waals surface area contributed by atoms with Crippen molar-refractivity contribution in [2.45, 2.75) is 13.5 Å². The van der Waals surface area contributed by atoms with Gasteiger partial charge in [0.1, 0.15) is 17.5 Å². The van der Waals surface area contributed by atoms with Gasteiger partial charge in [0.15, 0.2) is 0 Å². The molecule has 25 heavy (non-hydrogen) atoms. The minimum atomic E-state index is -0.225. The van der Waals surface area contributed by atoms with E-state index in [-0.39, 0.29) is 5.82 Å². The first-order valence-corrected chi connectivity index (χ1v) is 8.73. The first kappa shape index (κ1) is 15.7. The van der Waals surface area contributed by atoms with E-state index in [1.54, 1.807) is 23.5 Å². The molecule has 4 aromatic rings. The van der Waals surface area contributed by atoms with E-state index in [9.17, 15) is 4.39 Å². The lowest BCUT2D eigenvalue weighted by Gasteiger charge is -2.09. The van der Waals surface area contributed by atoms with Crippen LogP contribution < -0.4 is 5.32 Å². The molecule has 0 bridgehead atoms. The molecule has 0 unspecified atom stereocenters. The van der Waals surface area contributed by atoms with Crippen LogP contribution >= 0.6 is 11.3 Å². The molecule has 0 saturated carbocycles. The molecular formula is C19H15FN4S. The number of hydrogen-bond donors (Lipinski definition) is 1. The lowest BCUT2D eigenvalue weighted by molar-refractivity contribution is 0.613. The van der Waals surface area contributed by atoms with Crippen molar-refractivity contribution in [3.63, 3.8) is 0 Å². The van der Waals surface area contributed by atoms with Gasteiger partial charge in [0.25, 0.3) is 0 Å². The summed E-state index contributed by atoms with van der Waals surface area (Å²) in [5.41, 5.74) is 5.26. The quantitative estimate of drug-likeness (QED) is 0.574. The van der Waals surface area contributed by atoms with Crippen LogP contribution in [0.5, 0.6) is 0 Å². The second-order valence-electron chi connectivity index (χ2n) is 5.67. The molecule has 0 aliphatic carbocycles. The molecule has 0 atom stereocenters. The molecular weight excluding hydrogens is 335 g/mol. The summed E-state index contributed by atoms with van der Waals surface area (Å²) in [6.07, 6.45) is 0. The van der Waals surface area contributed by atoms with Crippen LogP contribution in [-0.2, 0) is 6.54 Å². The van der Waals surface area contributed by atoms with Gasteiger partial charge in [-0.2, -0.15) is 0 Å². The van der Waals surface area contributed by atoms with E-state index in [0.717, 1.165) is 21.5 Å². The topological polar surface area (TPSA) is 50.7 Å². The third-order valence-corrected chi connectivity index (χ3v) is 4.67. The highest BCUT2D eigenvalue weighted by atomic mass is 32.1. The maximum absolute atomic E-state index is 13.8. The number of halogens is 1. The van der Waals surface area contributed by atoms with Gasteiger partial charge in [0, 0.05) is 23.7 Å². The van der Waals surface area contributed by atoms with Crippen molar-refractivity contribution in [1.82, 2.24) is 15.0 Å². The average Bonchev–Trinajstić information content (AvgIpc) is 3.08. The van der Waals surface area contributed by atoms with Gasteiger partial charge in [-0.25, -0.2) is 19.3 Å². The molecule has 2 heterocycles. The zero-order valence-electron chi connectivity index (χ0n) is 13.5. The molecule has 2 aromatic heterocycles. The SMILES string of the molecule is Cc1nc(NCc2ccccc2F)cc(-c2ccc3ncsc3c2)n1. The van der Waals surface area contributed by atoms with Crippen LogP contribution in [-0.4, -0.2) is 15.0 Å². The third kappa shape index (κ3) is 3.34. The van der Waals surface area contributed by atoms with Crippen LogP contribution in [0.3, 0.4) is 0 Å². The largest absolute Gasteiger partial charge is 0.366 e. The van der Waals surface area contributed by atoms with Crippen LogP contribution in [0.15, 0.2) is 54.0 Å². The fourth-order valence-electron chi connectivity index (χ4n) is 2.65. The normalized spacial score (nSPS) is 11.0. The van der Waals surface area contributed by atoms with Gasteiger partial charge in [0.05, 0.1) is 21.4 Å². The summed E-state index contributed by atoms with van der Waals surface area (Å²) >= 11 is 1.60. The van der Waals surface area contributed by atoms with E-state index >= 15 is 0 Å². The Morgan fingerprint density at radius 3 is 2.84 bits per heavy atom. The van der Waals surface area contributed by atoms with Crippen molar-refractivity contribution < 1.29 is 4.39 Å². The van der Waals surface area contributed by atoms with Crippen molar-refractivity contribution in [2.75, 3.05) is 5.32 Å². The number of rotatable bonds is 4. The van der Waals surface area contributed by atoms with E-state index in [2.05, 4.69) is 26.3 Å². The monoisotopic (exact) mass is 350 g/mol. The number of aryl methyl sites for hydroxylation is 1. The van der Waals surface area contributed by atoms with Gasteiger partial charge in [-0.05, 0) is 25.1 Å². The summed E-state index contributed by atoms with van der Waals surface area (Å²) in [7, 11) is 0. The van der Waals surface area contributed by atoms with Crippen molar-refractivity contribution >= 4 is 27.4 Å². The molecule has 0 amide bonds. The van der Waals surface area contributed by atoms with Crippen LogP contribution in [0.2, 0.25) is 0 Å². The average molecular weight is 350 g/mol. The maximum atomic E-state index is 13.8. The second-order valence-corrected chi connectivity index (χ2v) is 6.55. The highest BCUT2D eigenvalue weighted by Gasteiger charge is 2.07. The predicted octanol–water partition coefficient (Wildman–Crippen LogP) is 4.81. The first-order chi connectivity index (χ1) is 12.2. The number of anilines is 1. The van der Waals surface area contributed by atoms with E-state index in [0.29, 0.717) is 23.8 Å². The Kier molecular flexibility index (Phi) is 4.11. The third-order valence-electron chi connectivity index (χ3n) is 3.88. The molecule has 0 fully saturated rings. The Morgan fingerprint density at radius 1 is 1.08 bits per heavy atom. The lowest BCUT2D eigenvalue weighted by atomic mass is 10.1. The van der Waals surface area contributed by atoms with Gasteiger partial charge in [0.2, 0.25) is 0 Å². The van der Waals surface area contributed by atoms with Gasteiger partial charge < -0.3 is 5.32 Å². The molecule has 0 aliphatic rings. The van der Waals surface area contributed by atoms with Gasteiger partial charge >= 0.3 is 0 Å². The minimum absolute atomic E-state index is 0.225. The summed E-state index contributed by atoms with van der Waals surface area (Å²) < 4.78 is 14.9. The van der Waals surface area contributed by atoms with Crippen molar-refractivity contribution in [3.8, 4) is 11.3 Å². The highest BCUT2D eigenvalue weighted by Crippen LogP contribution is 2.26. The summed E-state index contributed by atoms with van der Waals surface area (Å²) in [4.78, 5) is 13.2. The van der Waals surface area contributed by atoms with Crippen LogP contribution in [0, 0.1) is 12.7 Å². The Morgan fingerprint density at radius 2 is 1.96 bits per heavy atom. The Balaban J connectivity index is 1.63. The number of fused-ring (bicyclic) bond motifs is 1. The highest BCUT2D eigenvalue weighted by molar-refractivity contribution is 7.16. The predicted molar refractivity (Wildman–Crippen MR) is 99.1 cm³/mol. The van der Waals surface area contributed by atoms with Gasteiger partial charge in [-0.3, -0.25) is 0 Å². The molecule has 124 valence electrons. The Bertz CT molecular complexity index is 1040. The van der Waals surface area contributed by atoms with E-state index in [1.807, 2.05) is 36.7 Å². The summed E-state index contributed by atoms with van der Waals surface area (Å²) in [6.45, 7) is 2.22. The number of thiazole rings is 1. The molecule has 0 saturated heterocycles. The number of aromatic nitrogens is 3. The van der Waals surface area contributed by atoms with Crippen LogP contribution in [0.4, 0.5) is 10.2 Å². The molecule has 0 radical (unpaired) electrons. The molecule has 6 heteroatoms. The summed E-state index contributed by atoms with van der Waals surface area (Å²) in [6, 6.07) is 14.7. The number of nitrogens with zero attached hydrogens (tertiary/aromatic N) is 3. The van der Waals surface area contributed by atoms with E-state index < -0.39 is 0 Å². The zero-order chi connectivity index (χ0) is 17.2. The van der Waals surface area contributed by atoms with E-state index in [4.69, 9.17) is 0 Å². The fraction of sp³-hybridized carbons (Fsp3) is 0.105. The number of nitrogens with one attached hydrogen (secondary N) is 1. The van der Waals surface area contributed by atoms with Gasteiger partial charge in [-0.1, -0.05) is 24.3 Å². The molecule has 2 aromatic carbocycles. The standard InChI is InChI=1S/C19H15FN4S/c1-12-23-17(13-6-7-16-18(8-13)25-11-22-16)9-19(24-12)21-10-14-4-2-3-5-15(14)20/h2-9,11H,10H2,1H3,(H,21,23,24). The summed E-state index contributed by atoms with van der Waals surface area (Å²) in [5, 5.41) is 3.18. The molecule has 4 nitrogen and oxygen atoms in total. The fourth-order valence-corrected chi connectivity index (χ4v) is 3.36. The second kappa shape index (κ2) is 6.57. The van der Waals surface area contributed by atoms with E-state index in [1.165, 1.54) is 6.07 Å². The van der Waals surface area contributed by atoms with Crippen LogP contribution in [0.1, 0.15) is 11.4 Å². The first-order valence-electron chi connectivity index (χ1n) is 7.85. The number of hydrogen-bond acceptors (Lipinski definition) is 5. The zero-order valence-corrected chi connectivity index (χ0v) is 14.3. The van der Waals surface area contributed by atoms with Crippen molar-refractivity contribution in [3.05, 3.63) is 71.2 Å². The molecule has 4 rings (SSSR count). The molecule has 0 spiro atoms. The maximum Gasteiger partial charge on any atom is 0.130 e. The number of benzene rings is 2. The van der Waals surface area contributed by atoms with Gasteiger partial charge in [-0.15, -0.1) is 11.3 Å². The molecule has 0 aliphatic heterocycles. The van der Waals surface area contributed by atoms with Crippen molar-refractivity contribution in [1.29, 1.82) is 0 Å². The van der Waals surface area contributed by atoms with Crippen LogP contribution in [0.25, 0.3) is 21.5 Å². The lowest BCUT2D eigenvalue weighted by Crippen LogP contribution is -2.05. The van der Waals surface area contributed by atoms with Crippen molar-refractivity contribution in [2.24, 2.45) is 0 Å². The Labute approximate surface area is 148 Å². The Hall–Kier alpha value is -2.86. The summed E-state index contributed by atoms with van der Waals surface area (Å²) in [5.74, 6) is 1.12.